The second-order valence-electron chi connectivity index (χ2n) is 6.14. The number of carbonyl (C=O) groups is 1. The van der Waals surface area contributed by atoms with Crippen LogP contribution >= 0.6 is 21.6 Å². The van der Waals surface area contributed by atoms with Gasteiger partial charge in [-0.1, -0.05) is 21.6 Å². The summed E-state index contributed by atoms with van der Waals surface area (Å²) in [5.41, 5.74) is -0.378. The maximum atomic E-state index is 12.9. The number of rotatable bonds is 6. The molecule has 1 rings (SSSR count). The Bertz CT molecular complexity index is 319. The van der Waals surface area contributed by atoms with E-state index in [0.29, 0.717) is 6.61 Å². The average Bonchev–Trinajstić information content (AvgIpc) is 2.76. The van der Waals surface area contributed by atoms with Gasteiger partial charge in [-0.25, -0.2) is 0 Å². The fourth-order valence-corrected chi connectivity index (χ4v) is 4.99. The molecule has 1 fully saturated rings. The lowest BCUT2D eigenvalue weighted by Gasteiger charge is -2.42. The molecule has 0 aliphatic carbocycles. The maximum absolute atomic E-state index is 12.9. The molecular formula is C14H27NO2S2. The zero-order valence-corrected chi connectivity index (χ0v) is 14.6. The predicted molar refractivity (Wildman–Crippen MR) is 85.6 cm³/mol. The Morgan fingerprint density at radius 2 is 2.00 bits per heavy atom. The molecule has 1 heterocycles. The van der Waals surface area contributed by atoms with Crippen molar-refractivity contribution in [3.63, 3.8) is 0 Å². The van der Waals surface area contributed by atoms with Crippen molar-refractivity contribution in [2.45, 2.75) is 51.3 Å². The van der Waals surface area contributed by atoms with Crippen LogP contribution in [-0.2, 0) is 9.53 Å². The van der Waals surface area contributed by atoms with Gasteiger partial charge in [-0.05, 0) is 46.8 Å². The highest BCUT2D eigenvalue weighted by Crippen LogP contribution is 2.47. The van der Waals surface area contributed by atoms with Crippen molar-refractivity contribution in [1.82, 2.24) is 4.90 Å². The van der Waals surface area contributed by atoms with Crippen molar-refractivity contribution < 1.29 is 9.53 Å². The quantitative estimate of drug-likeness (QED) is 0.703. The molecule has 0 N–H and O–H groups in total. The third-order valence-electron chi connectivity index (χ3n) is 4.33. The Labute approximate surface area is 125 Å². The fraction of sp³-hybridized carbons (Fsp3) is 0.929. The smallest absolute Gasteiger partial charge is 0.229 e. The van der Waals surface area contributed by atoms with Crippen LogP contribution in [0.15, 0.2) is 0 Å². The average molecular weight is 306 g/mol. The Hall–Kier alpha value is 0.130. The molecule has 1 amide bonds. The van der Waals surface area contributed by atoms with E-state index in [-0.39, 0.29) is 22.1 Å². The first-order chi connectivity index (χ1) is 8.78. The first-order valence-electron chi connectivity index (χ1n) is 6.79. The van der Waals surface area contributed by atoms with E-state index in [2.05, 4.69) is 34.0 Å². The highest BCUT2D eigenvalue weighted by molar-refractivity contribution is 8.77. The Morgan fingerprint density at radius 3 is 2.53 bits per heavy atom. The first-order valence-corrected chi connectivity index (χ1v) is 9.35. The highest BCUT2D eigenvalue weighted by Gasteiger charge is 2.47. The molecule has 1 saturated heterocycles. The lowest BCUT2D eigenvalue weighted by molar-refractivity contribution is -0.143. The van der Waals surface area contributed by atoms with E-state index in [0.717, 1.165) is 19.4 Å². The second kappa shape index (κ2) is 6.72. The monoisotopic (exact) mass is 305 g/mol. The third-order valence-corrected chi connectivity index (χ3v) is 7.17. The molecule has 3 nitrogen and oxygen atoms in total. The minimum absolute atomic E-state index is 0.0935. The Balaban J connectivity index is 2.85. The number of methoxy groups -OCH3 is 1. The zero-order valence-electron chi connectivity index (χ0n) is 13.0. The van der Waals surface area contributed by atoms with Crippen LogP contribution in [0.5, 0.6) is 0 Å². The molecule has 0 saturated carbocycles. The Kier molecular flexibility index (Phi) is 6.08. The molecule has 19 heavy (non-hydrogen) atoms. The van der Waals surface area contributed by atoms with Gasteiger partial charge in [0.05, 0.1) is 18.1 Å². The highest BCUT2D eigenvalue weighted by atomic mass is 33.1. The van der Waals surface area contributed by atoms with Crippen LogP contribution in [0.2, 0.25) is 0 Å². The van der Waals surface area contributed by atoms with Gasteiger partial charge in [-0.2, -0.15) is 0 Å². The van der Waals surface area contributed by atoms with Crippen molar-refractivity contribution >= 4 is 27.5 Å². The van der Waals surface area contributed by atoms with Gasteiger partial charge in [-0.15, -0.1) is 0 Å². The zero-order chi connectivity index (χ0) is 14.7. The fourth-order valence-electron chi connectivity index (χ4n) is 2.40. The molecule has 1 atom stereocenters. The molecule has 0 aromatic rings. The minimum Gasteiger partial charge on any atom is -0.383 e. The number of likely N-dealkylation sites (tertiary alicyclic amines) is 1. The molecule has 1 aliphatic heterocycles. The van der Waals surface area contributed by atoms with Gasteiger partial charge >= 0.3 is 0 Å². The molecule has 112 valence electrons. The SMILES string of the molecule is COCC1CCCN1C(=O)C(C)(C)C(C)(C)SSC. The number of hydrogen-bond donors (Lipinski definition) is 0. The number of carbonyl (C=O) groups excluding carboxylic acids is 1. The molecule has 1 aliphatic rings. The van der Waals surface area contributed by atoms with Crippen LogP contribution in [-0.4, -0.2) is 48.1 Å². The van der Waals surface area contributed by atoms with Crippen LogP contribution in [0.3, 0.4) is 0 Å². The first kappa shape index (κ1) is 17.2. The van der Waals surface area contributed by atoms with Gasteiger partial charge in [0, 0.05) is 18.4 Å². The van der Waals surface area contributed by atoms with E-state index in [4.69, 9.17) is 4.74 Å². The van der Waals surface area contributed by atoms with Crippen LogP contribution in [0, 0.1) is 5.41 Å². The molecule has 0 spiro atoms. The van der Waals surface area contributed by atoms with Gasteiger partial charge in [0.2, 0.25) is 5.91 Å². The summed E-state index contributed by atoms with van der Waals surface area (Å²) in [6, 6.07) is 0.256. The molecule has 0 aromatic heterocycles. The number of ether oxygens (including phenoxy) is 1. The van der Waals surface area contributed by atoms with E-state index < -0.39 is 0 Å². The van der Waals surface area contributed by atoms with Crippen molar-refractivity contribution in [2.75, 3.05) is 26.5 Å². The topological polar surface area (TPSA) is 29.5 Å². The van der Waals surface area contributed by atoms with Crippen LogP contribution in [0.25, 0.3) is 0 Å². The summed E-state index contributed by atoms with van der Waals surface area (Å²) in [5, 5.41) is 0. The summed E-state index contributed by atoms with van der Waals surface area (Å²) < 4.78 is 5.16. The summed E-state index contributed by atoms with van der Waals surface area (Å²) in [6.45, 7) is 9.98. The predicted octanol–water partition coefficient (Wildman–Crippen LogP) is 3.44. The normalized spacial score (nSPS) is 20.9. The summed E-state index contributed by atoms with van der Waals surface area (Å²) in [4.78, 5) is 15.0. The van der Waals surface area contributed by atoms with E-state index in [1.807, 2.05) is 4.90 Å². The van der Waals surface area contributed by atoms with Gasteiger partial charge in [0.15, 0.2) is 0 Å². The van der Waals surface area contributed by atoms with Crippen molar-refractivity contribution in [1.29, 1.82) is 0 Å². The van der Waals surface area contributed by atoms with Crippen molar-refractivity contribution in [3.05, 3.63) is 0 Å². The van der Waals surface area contributed by atoms with Crippen molar-refractivity contribution in [2.24, 2.45) is 5.41 Å². The summed E-state index contributed by atoms with van der Waals surface area (Å²) in [7, 11) is 5.22. The summed E-state index contributed by atoms with van der Waals surface area (Å²) >= 11 is 0. The largest absolute Gasteiger partial charge is 0.383 e. The molecule has 0 aromatic carbocycles. The summed E-state index contributed by atoms with van der Waals surface area (Å²) in [5.74, 6) is 0.263. The lowest BCUT2D eigenvalue weighted by atomic mass is 9.78. The van der Waals surface area contributed by atoms with E-state index in [9.17, 15) is 4.79 Å². The lowest BCUT2D eigenvalue weighted by Crippen LogP contribution is -2.52. The van der Waals surface area contributed by atoms with E-state index in [1.165, 1.54) is 0 Å². The molecule has 0 bridgehead atoms. The molecule has 1 unspecified atom stereocenters. The number of amides is 1. The van der Waals surface area contributed by atoms with Gasteiger partial charge in [0.1, 0.15) is 0 Å². The second-order valence-corrected chi connectivity index (χ2v) is 9.16. The molecule has 5 heteroatoms. The van der Waals surface area contributed by atoms with Gasteiger partial charge in [0.25, 0.3) is 0 Å². The van der Waals surface area contributed by atoms with Crippen LogP contribution < -0.4 is 0 Å². The van der Waals surface area contributed by atoms with Crippen LogP contribution in [0.4, 0.5) is 0 Å². The third kappa shape index (κ3) is 3.61. The van der Waals surface area contributed by atoms with Crippen LogP contribution in [0.1, 0.15) is 40.5 Å². The number of hydrogen-bond acceptors (Lipinski definition) is 4. The standard InChI is InChI=1S/C14H27NO2S2/c1-13(2,14(3,4)19-18-6)12(16)15-9-7-8-11(15)10-17-5/h11H,7-10H2,1-6H3. The minimum atomic E-state index is -0.378. The summed E-state index contributed by atoms with van der Waals surface area (Å²) in [6.07, 6.45) is 4.22. The van der Waals surface area contributed by atoms with Gasteiger partial charge in [-0.3, -0.25) is 4.79 Å². The molecule has 0 radical (unpaired) electrons. The van der Waals surface area contributed by atoms with Crippen molar-refractivity contribution in [3.8, 4) is 0 Å². The van der Waals surface area contributed by atoms with E-state index >= 15 is 0 Å². The Morgan fingerprint density at radius 1 is 1.37 bits per heavy atom. The maximum Gasteiger partial charge on any atom is 0.229 e. The number of nitrogens with zero attached hydrogens (tertiary/aromatic N) is 1. The van der Waals surface area contributed by atoms with E-state index in [1.54, 1.807) is 28.7 Å². The molecular weight excluding hydrogens is 278 g/mol. The van der Waals surface area contributed by atoms with Gasteiger partial charge < -0.3 is 9.64 Å².